The summed E-state index contributed by atoms with van der Waals surface area (Å²) in [5, 5.41) is 0. The van der Waals surface area contributed by atoms with E-state index >= 15 is 0 Å². The number of aromatic nitrogens is 1. The van der Waals surface area contributed by atoms with Crippen molar-refractivity contribution in [3.63, 3.8) is 0 Å². The number of ether oxygens (including phenoxy) is 2. The van der Waals surface area contributed by atoms with Gasteiger partial charge in [-0.05, 0) is 11.5 Å². The van der Waals surface area contributed by atoms with Crippen LogP contribution in [-0.2, 0) is 0 Å². The number of hydrogen-bond acceptors (Lipinski definition) is 4. The molecule has 2 rings (SSSR count). The highest BCUT2D eigenvalue weighted by molar-refractivity contribution is 5.49. The quantitative estimate of drug-likeness (QED) is 0.843. The van der Waals surface area contributed by atoms with Gasteiger partial charge in [0.25, 0.3) is 0 Å². The maximum atomic E-state index is 6.08. The number of nitrogens with zero attached hydrogens (tertiary/aromatic N) is 1. The molecule has 1 aromatic rings. The van der Waals surface area contributed by atoms with Crippen molar-refractivity contribution in [2.24, 2.45) is 11.1 Å². The van der Waals surface area contributed by atoms with Crippen LogP contribution < -0.4 is 15.2 Å². The largest absolute Gasteiger partial charge is 0.496 e. The zero-order valence-corrected chi connectivity index (χ0v) is 10.2. The van der Waals surface area contributed by atoms with Gasteiger partial charge >= 0.3 is 0 Å². The molecule has 1 fully saturated rings. The molecule has 0 spiro atoms. The summed E-state index contributed by atoms with van der Waals surface area (Å²) < 4.78 is 10.6. The molecule has 0 aromatic carbocycles. The van der Waals surface area contributed by atoms with Crippen molar-refractivity contribution in [1.82, 2.24) is 4.98 Å². The van der Waals surface area contributed by atoms with Crippen molar-refractivity contribution in [3.8, 4) is 11.6 Å². The van der Waals surface area contributed by atoms with E-state index in [4.69, 9.17) is 15.2 Å². The number of pyridine rings is 1. The van der Waals surface area contributed by atoms with Gasteiger partial charge in [-0.15, -0.1) is 0 Å². The Morgan fingerprint density at radius 1 is 1.31 bits per heavy atom. The summed E-state index contributed by atoms with van der Waals surface area (Å²) in [6.07, 6.45) is 1.68. The maximum Gasteiger partial charge on any atom is 0.220 e. The molecule has 0 aliphatic heterocycles. The molecule has 4 heteroatoms. The van der Waals surface area contributed by atoms with Gasteiger partial charge < -0.3 is 15.2 Å². The lowest BCUT2D eigenvalue weighted by Crippen LogP contribution is -2.07. The van der Waals surface area contributed by atoms with Crippen molar-refractivity contribution < 1.29 is 9.47 Å². The van der Waals surface area contributed by atoms with E-state index in [-0.39, 0.29) is 17.4 Å². The van der Waals surface area contributed by atoms with Crippen LogP contribution in [0.4, 0.5) is 0 Å². The van der Waals surface area contributed by atoms with Crippen LogP contribution >= 0.6 is 0 Å². The normalized spacial score (nSPS) is 26.3. The minimum absolute atomic E-state index is 0.0869. The molecule has 1 aliphatic rings. The Morgan fingerprint density at radius 3 is 2.38 bits per heavy atom. The van der Waals surface area contributed by atoms with Gasteiger partial charge in [0.1, 0.15) is 5.75 Å². The number of nitrogens with two attached hydrogens (primary N) is 1. The summed E-state index contributed by atoms with van der Waals surface area (Å²) in [7, 11) is 3.27. The molecule has 0 amide bonds. The van der Waals surface area contributed by atoms with E-state index in [9.17, 15) is 0 Å². The molecule has 2 atom stereocenters. The summed E-state index contributed by atoms with van der Waals surface area (Å²) >= 11 is 0. The van der Waals surface area contributed by atoms with Gasteiger partial charge in [-0.3, -0.25) is 0 Å². The summed E-state index contributed by atoms with van der Waals surface area (Å²) in [6.45, 7) is 4.29. The van der Waals surface area contributed by atoms with Crippen molar-refractivity contribution >= 4 is 0 Å². The lowest BCUT2D eigenvalue weighted by atomic mass is 10.0. The van der Waals surface area contributed by atoms with Gasteiger partial charge in [0.15, 0.2) is 0 Å². The maximum absolute atomic E-state index is 6.08. The van der Waals surface area contributed by atoms with Crippen molar-refractivity contribution in [1.29, 1.82) is 0 Å². The van der Waals surface area contributed by atoms with Crippen LogP contribution in [-0.4, -0.2) is 25.2 Å². The minimum Gasteiger partial charge on any atom is -0.496 e. The highest BCUT2D eigenvalue weighted by Gasteiger charge is 2.58. The lowest BCUT2D eigenvalue weighted by molar-refractivity contribution is 0.370. The first kappa shape index (κ1) is 11.2. The van der Waals surface area contributed by atoms with Crippen molar-refractivity contribution in [3.05, 3.63) is 17.8 Å². The van der Waals surface area contributed by atoms with Gasteiger partial charge in [-0.1, -0.05) is 13.8 Å². The van der Waals surface area contributed by atoms with E-state index < -0.39 is 0 Å². The Morgan fingerprint density at radius 2 is 1.94 bits per heavy atom. The highest BCUT2D eigenvalue weighted by Crippen LogP contribution is 2.60. The summed E-state index contributed by atoms with van der Waals surface area (Å²) in [5.41, 5.74) is 7.16. The van der Waals surface area contributed by atoms with E-state index in [1.165, 1.54) is 0 Å². The van der Waals surface area contributed by atoms with Crippen molar-refractivity contribution in [2.45, 2.75) is 25.8 Å². The molecule has 1 aromatic heterocycles. The minimum atomic E-state index is 0.0869. The zero-order chi connectivity index (χ0) is 11.9. The fourth-order valence-electron chi connectivity index (χ4n) is 2.29. The first-order valence-corrected chi connectivity index (χ1v) is 5.36. The third-order valence-corrected chi connectivity index (χ3v) is 3.55. The first-order valence-electron chi connectivity index (χ1n) is 5.36. The van der Waals surface area contributed by atoms with Crippen molar-refractivity contribution in [2.75, 3.05) is 14.2 Å². The van der Waals surface area contributed by atoms with Crippen LogP contribution in [0.5, 0.6) is 11.6 Å². The Kier molecular flexibility index (Phi) is 2.54. The monoisotopic (exact) mass is 222 g/mol. The average molecular weight is 222 g/mol. The predicted molar refractivity (Wildman–Crippen MR) is 61.8 cm³/mol. The third-order valence-electron chi connectivity index (χ3n) is 3.55. The van der Waals surface area contributed by atoms with Crippen LogP contribution in [0.15, 0.2) is 12.3 Å². The second-order valence-electron chi connectivity index (χ2n) is 4.76. The second kappa shape index (κ2) is 3.63. The van der Waals surface area contributed by atoms with E-state index in [0.717, 1.165) is 11.3 Å². The van der Waals surface area contributed by atoms with Gasteiger partial charge in [-0.25, -0.2) is 4.98 Å². The second-order valence-corrected chi connectivity index (χ2v) is 4.76. The van der Waals surface area contributed by atoms with Gasteiger partial charge in [-0.2, -0.15) is 0 Å². The fraction of sp³-hybridized carbons (Fsp3) is 0.583. The molecule has 0 radical (unpaired) electrons. The van der Waals surface area contributed by atoms with Gasteiger partial charge in [0.2, 0.25) is 5.88 Å². The predicted octanol–water partition coefficient (Wildman–Crippen LogP) is 1.55. The molecule has 1 aliphatic carbocycles. The average Bonchev–Trinajstić information content (AvgIpc) is 2.77. The Labute approximate surface area is 95.8 Å². The zero-order valence-electron chi connectivity index (χ0n) is 10.2. The fourth-order valence-corrected chi connectivity index (χ4v) is 2.29. The third kappa shape index (κ3) is 1.45. The molecule has 0 saturated heterocycles. The summed E-state index contributed by atoms with van der Waals surface area (Å²) in [6, 6.07) is 1.98. The summed E-state index contributed by atoms with van der Waals surface area (Å²) in [4.78, 5) is 4.21. The van der Waals surface area contributed by atoms with Gasteiger partial charge in [0, 0.05) is 18.2 Å². The molecule has 1 heterocycles. The van der Waals surface area contributed by atoms with E-state index in [1.54, 1.807) is 20.4 Å². The highest BCUT2D eigenvalue weighted by atomic mass is 16.5. The topological polar surface area (TPSA) is 57.4 Å². The Bertz CT molecular complexity index is 382. The molecule has 16 heavy (non-hydrogen) atoms. The van der Waals surface area contributed by atoms with E-state index in [1.807, 2.05) is 6.07 Å². The Balaban J connectivity index is 2.47. The molecular weight excluding hydrogens is 204 g/mol. The SMILES string of the molecule is COc1ccnc(OC)c1C1C(N)C1(C)C. The summed E-state index contributed by atoms with van der Waals surface area (Å²) in [5.74, 6) is 1.68. The van der Waals surface area contributed by atoms with Crippen LogP contribution in [0.3, 0.4) is 0 Å². The number of rotatable bonds is 3. The number of hydrogen-bond donors (Lipinski definition) is 1. The lowest BCUT2D eigenvalue weighted by Gasteiger charge is -2.12. The van der Waals surface area contributed by atoms with Crippen LogP contribution in [0.2, 0.25) is 0 Å². The molecule has 2 unspecified atom stereocenters. The molecule has 0 bridgehead atoms. The van der Waals surface area contributed by atoms with Gasteiger partial charge in [0.05, 0.1) is 19.8 Å². The smallest absolute Gasteiger partial charge is 0.220 e. The molecule has 88 valence electrons. The Hall–Kier alpha value is -1.29. The van der Waals surface area contributed by atoms with E-state index in [2.05, 4.69) is 18.8 Å². The molecular formula is C12H18N2O2. The first-order chi connectivity index (χ1) is 7.54. The van der Waals surface area contributed by atoms with Crippen LogP contribution in [0.1, 0.15) is 25.3 Å². The number of methoxy groups -OCH3 is 2. The molecule has 4 nitrogen and oxygen atoms in total. The van der Waals surface area contributed by atoms with E-state index in [0.29, 0.717) is 5.88 Å². The standard InChI is InChI=1S/C12H18N2O2/c1-12(2)9(10(12)13)8-7(15-3)5-6-14-11(8)16-4/h5-6,9-10H,13H2,1-4H3. The molecule has 1 saturated carbocycles. The van der Waals surface area contributed by atoms with Crippen LogP contribution in [0, 0.1) is 5.41 Å². The molecule has 2 N–H and O–H groups in total. The van der Waals surface area contributed by atoms with Crippen LogP contribution in [0.25, 0.3) is 0 Å².